The highest BCUT2D eigenvalue weighted by Gasteiger charge is 2.15. The number of hydrogen-bond donors (Lipinski definition) is 2. The summed E-state index contributed by atoms with van der Waals surface area (Å²) in [5.41, 5.74) is 12.7. The Bertz CT molecular complexity index is 298. The molecule has 13 heavy (non-hydrogen) atoms. The summed E-state index contributed by atoms with van der Waals surface area (Å²) in [4.78, 5) is 10.6. The van der Waals surface area contributed by atoms with Crippen molar-refractivity contribution in [1.29, 1.82) is 0 Å². The Morgan fingerprint density at radius 2 is 2.38 bits per heavy atom. The van der Waals surface area contributed by atoms with Gasteiger partial charge in [-0.15, -0.1) is 0 Å². The van der Waals surface area contributed by atoms with Crippen LogP contribution in [-0.4, -0.2) is 15.7 Å². The van der Waals surface area contributed by atoms with Crippen LogP contribution >= 0.6 is 0 Å². The summed E-state index contributed by atoms with van der Waals surface area (Å²) in [7, 11) is 1.79. The zero-order valence-electron chi connectivity index (χ0n) is 7.82. The van der Waals surface area contributed by atoms with Crippen molar-refractivity contribution >= 4 is 5.91 Å². The summed E-state index contributed by atoms with van der Waals surface area (Å²) in [5.74, 6) is -0.395. The van der Waals surface area contributed by atoms with E-state index in [0.717, 1.165) is 11.3 Å². The first-order valence-electron chi connectivity index (χ1n) is 4.04. The third kappa shape index (κ3) is 2.06. The minimum atomic E-state index is -0.395. The lowest BCUT2D eigenvalue weighted by atomic mass is 10.1. The standard InChI is InChI=1S/C8H14N4O/c1-5-4-11-12(2)8(5)6(9)3-7(10)13/h4,6H,3,9H2,1-2H3,(H2,10,13)/t6-/m1/s1. The maximum atomic E-state index is 10.6. The van der Waals surface area contributed by atoms with Gasteiger partial charge in [0.05, 0.1) is 17.9 Å². The van der Waals surface area contributed by atoms with Crippen LogP contribution in [0.15, 0.2) is 6.20 Å². The molecule has 0 fully saturated rings. The van der Waals surface area contributed by atoms with Gasteiger partial charge in [0.25, 0.3) is 0 Å². The molecule has 72 valence electrons. The largest absolute Gasteiger partial charge is 0.370 e. The Morgan fingerprint density at radius 3 is 2.77 bits per heavy atom. The Hall–Kier alpha value is -1.36. The van der Waals surface area contributed by atoms with E-state index in [2.05, 4.69) is 5.10 Å². The first-order valence-corrected chi connectivity index (χ1v) is 4.04. The number of nitrogens with zero attached hydrogens (tertiary/aromatic N) is 2. The molecule has 0 spiro atoms. The van der Waals surface area contributed by atoms with Crippen molar-refractivity contribution in [2.75, 3.05) is 0 Å². The zero-order chi connectivity index (χ0) is 10.0. The number of aromatic nitrogens is 2. The highest BCUT2D eigenvalue weighted by Crippen LogP contribution is 2.16. The molecule has 0 aliphatic rings. The number of aryl methyl sites for hydroxylation is 2. The molecule has 1 atom stereocenters. The number of nitrogens with two attached hydrogens (primary N) is 2. The normalized spacial score (nSPS) is 12.8. The molecule has 1 rings (SSSR count). The zero-order valence-corrected chi connectivity index (χ0v) is 7.82. The van der Waals surface area contributed by atoms with Crippen molar-refractivity contribution in [1.82, 2.24) is 9.78 Å². The van der Waals surface area contributed by atoms with Gasteiger partial charge in [-0.25, -0.2) is 0 Å². The van der Waals surface area contributed by atoms with Gasteiger partial charge in [0.1, 0.15) is 0 Å². The van der Waals surface area contributed by atoms with Crippen LogP contribution in [0.3, 0.4) is 0 Å². The first-order chi connectivity index (χ1) is 6.02. The van der Waals surface area contributed by atoms with E-state index in [4.69, 9.17) is 11.5 Å². The molecule has 1 heterocycles. The van der Waals surface area contributed by atoms with Gasteiger partial charge in [-0.3, -0.25) is 9.48 Å². The molecule has 0 unspecified atom stereocenters. The Kier molecular flexibility index (Phi) is 2.67. The molecule has 0 aromatic carbocycles. The van der Waals surface area contributed by atoms with Crippen molar-refractivity contribution in [3.63, 3.8) is 0 Å². The second-order valence-corrected chi connectivity index (χ2v) is 3.11. The molecular formula is C8H14N4O. The quantitative estimate of drug-likeness (QED) is 0.667. The molecule has 0 radical (unpaired) electrons. The van der Waals surface area contributed by atoms with Gasteiger partial charge in [0.15, 0.2) is 0 Å². The number of primary amides is 1. The van der Waals surface area contributed by atoms with Crippen LogP contribution in [0.1, 0.15) is 23.7 Å². The SMILES string of the molecule is Cc1cnn(C)c1[C@H](N)CC(N)=O. The lowest BCUT2D eigenvalue weighted by molar-refractivity contribution is -0.118. The maximum Gasteiger partial charge on any atom is 0.219 e. The first kappa shape index (κ1) is 9.73. The van der Waals surface area contributed by atoms with E-state index in [1.807, 2.05) is 6.92 Å². The van der Waals surface area contributed by atoms with Crippen LogP contribution in [0.4, 0.5) is 0 Å². The van der Waals surface area contributed by atoms with Gasteiger partial charge in [-0.1, -0.05) is 0 Å². The summed E-state index contributed by atoms with van der Waals surface area (Å²) < 4.78 is 1.67. The van der Waals surface area contributed by atoms with Gasteiger partial charge in [0, 0.05) is 13.5 Å². The monoisotopic (exact) mass is 182 g/mol. The van der Waals surface area contributed by atoms with E-state index in [-0.39, 0.29) is 12.5 Å². The third-order valence-corrected chi connectivity index (χ3v) is 1.95. The number of carbonyl (C=O) groups is 1. The molecule has 5 heteroatoms. The van der Waals surface area contributed by atoms with Gasteiger partial charge in [0.2, 0.25) is 5.91 Å². The van der Waals surface area contributed by atoms with Crippen LogP contribution in [0, 0.1) is 6.92 Å². The molecule has 1 amide bonds. The Labute approximate surface area is 76.7 Å². The second-order valence-electron chi connectivity index (χ2n) is 3.11. The van der Waals surface area contributed by atoms with E-state index in [1.165, 1.54) is 0 Å². The van der Waals surface area contributed by atoms with Crippen LogP contribution < -0.4 is 11.5 Å². The van der Waals surface area contributed by atoms with Crippen molar-refractivity contribution in [2.24, 2.45) is 18.5 Å². The van der Waals surface area contributed by atoms with Crippen LogP contribution in [0.2, 0.25) is 0 Å². The Balaban J connectivity index is 2.87. The molecule has 0 saturated heterocycles. The number of rotatable bonds is 3. The molecule has 4 N–H and O–H groups in total. The number of amides is 1. The average molecular weight is 182 g/mol. The van der Waals surface area contributed by atoms with E-state index < -0.39 is 5.91 Å². The van der Waals surface area contributed by atoms with Crippen LogP contribution in [0.5, 0.6) is 0 Å². The lowest BCUT2D eigenvalue weighted by Crippen LogP contribution is -2.23. The smallest absolute Gasteiger partial charge is 0.219 e. The molecule has 0 aliphatic heterocycles. The topological polar surface area (TPSA) is 86.9 Å². The third-order valence-electron chi connectivity index (χ3n) is 1.95. The van der Waals surface area contributed by atoms with Crippen LogP contribution in [-0.2, 0) is 11.8 Å². The summed E-state index contributed by atoms with van der Waals surface area (Å²) in [6.45, 7) is 1.91. The number of hydrogen-bond acceptors (Lipinski definition) is 3. The minimum absolute atomic E-state index is 0.153. The fourth-order valence-corrected chi connectivity index (χ4v) is 1.40. The molecule has 0 aliphatic carbocycles. The molecule has 0 bridgehead atoms. The Morgan fingerprint density at radius 1 is 1.77 bits per heavy atom. The maximum absolute atomic E-state index is 10.6. The minimum Gasteiger partial charge on any atom is -0.370 e. The molecule has 1 aromatic rings. The highest BCUT2D eigenvalue weighted by molar-refractivity contribution is 5.74. The van der Waals surface area contributed by atoms with Gasteiger partial charge >= 0.3 is 0 Å². The van der Waals surface area contributed by atoms with Crippen molar-refractivity contribution in [3.8, 4) is 0 Å². The van der Waals surface area contributed by atoms with Gasteiger partial charge < -0.3 is 11.5 Å². The van der Waals surface area contributed by atoms with Gasteiger partial charge in [-0.05, 0) is 12.5 Å². The summed E-state index contributed by atoms with van der Waals surface area (Å²) in [5, 5.41) is 4.03. The predicted molar refractivity (Wildman–Crippen MR) is 48.7 cm³/mol. The molecule has 0 saturated carbocycles. The van der Waals surface area contributed by atoms with E-state index >= 15 is 0 Å². The van der Waals surface area contributed by atoms with Crippen molar-refractivity contribution in [3.05, 3.63) is 17.5 Å². The van der Waals surface area contributed by atoms with Crippen LogP contribution in [0.25, 0.3) is 0 Å². The number of carbonyl (C=O) groups excluding carboxylic acids is 1. The van der Waals surface area contributed by atoms with Crippen molar-refractivity contribution < 1.29 is 4.79 Å². The fourth-order valence-electron chi connectivity index (χ4n) is 1.40. The van der Waals surface area contributed by atoms with E-state index in [0.29, 0.717) is 0 Å². The molecular weight excluding hydrogens is 168 g/mol. The molecule has 1 aromatic heterocycles. The summed E-state index contributed by atoms with van der Waals surface area (Å²) >= 11 is 0. The van der Waals surface area contributed by atoms with E-state index in [9.17, 15) is 4.79 Å². The second kappa shape index (κ2) is 3.57. The summed E-state index contributed by atoms with van der Waals surface area (Å²) in [6.07, 6.45) is 1.87. The van der Waals surface area contributed by atoms with E-state index in [1.54, 1.807) is 17.9 Å². The van der Waals surface area contributed by atoms with Gasteiger partial charge in [-0.2, -0.15) is 5.10 Å². The fraction of sp³-hybridized carbons (Fsp3) is 0.500. The molecule has 5 nitrogen and oxygen atoms in total. The lowest BCUT2D eigenvalue weighted by Gasteiger charge is -2.10. The summed E-state index contributed by atoms with van der Waals surface area (Å²) in [6, 6.07) is -0.356. The predicted octanol–water partition coefficient (Wildman–Crippen LogP) is -0.396. The highest BCUT2D eigenvalue weighted by atomic mass is 16.1. The van der Waals surface area contributed by atoms with Crippen molar-refractivity contribution in [2.45, 2.75) is 19.4 Å². The average Bonchev–Trinajstić information content (AvgIpc) is 2.29.